The molecule has 0 bridgehead atoms. The topological polar surface area (TPSA) is 51.0 Å². The van der Waals surface area contributed by atoms with Crippen LogP contribution in [0.15, 0.2) is 34.7 Å². The van der Waals surface area contributed by atoms with Crippen molar-refractivity contribution in [3.63, 3.8) is 0 Å². The fourth-order valence-corrected chi connectivity index (χ4v) is 3.64. The largest absolute Gasteiger partial charge is 0.423 e. The van der Waals surface area contributed by atoms with Crippen LogP contribution < -0.4 is 5.32 Å². The summed E-state index contributed by atoms with van der Waals surface area (Å²) in [4.78, 5) is 9.11. The molecule has 110 valence electrons. The maximum Gasteiger partial charge on any atom is 0.302 e. The van der Waals surface area contributed by atoms with Gasteiger partial charge < -0.3 is 4.42 Å². The second-order valence-corrected chi connectivity index (χ2v) is 6.59. The summed E-state index contributed by atoms with van der Waals surface area (Å²) in [6.45, 7) is 6.23. The Balaban J connectivity index is 1.74. The summed E-state index contributed by atoms with van der Waals surface area (Å²) in [5.41, 5.74) is 6.27. The minimum atomic E-state index is 0.481. The van der Waals surface area contributed by atoms with Gasteiger partial charge in [-0.15, -0.1) is 0 Å². The molecule has 0 aliphatic carbocycles. The van der Waals surface area contributed by atoms with Crippen molar-refractivity contribution in [3.8, 4) is 0 Å². The molecule has 2 aromatic carbocycles. The SMILES string of the molecule is Cc1ccc2oc(Nc3nc4c(C)cc(C)cc4s3)nc2c1. The van der Waals surface area contributed by atoms with Crippen LogP contribution in [-0.4, -0.2) is 9.97 Å². The Morgan fingerprint density at radius 3 is 2.73 bits per heavy atom. The van der Waals surface area contributed by atoms with E-state index in [1.165, 1.54) is 21.4 Å². The number of thiazole rings is 1. The Morgan fingerprint density at radius 1 is 1.00 bits per heavy atom. The fourth-order valence-electron chi connectivity index (χ4n) is 2.61. The van der Waals surface area contributed by atoms with Crippen LogP contribution in [0.1, 0.15) is 16.7 Å². The van der Waals surface area contributed by atoms with E-state index in [0.717, 1.165) is 21.7 Å². The highest BCUT2D eigenvalue weighted by atomic mass is 32.1. The van der Waals surface area contributed by atoms with Crippen molar-refractivity contribution >= 4 is 43.8 Å². The zero-order chi connectivity index (χ0) is 15.3. The molecule has 0 aliphatic heterocycles. The molecule has 0 unspecified atom stereocenters. The summed E-state index contributed by atoms with van der Waals surface area (Å²) >= 11 is 1.61. The van der Waals surface area contributed by atoms with Gasteiger partial charge in [0.25, 0.3) is 0 Å². The minimum absolute atomic E-state index is 0.481. The van der Waals surface area contributed by atoms with E-state index in [-0.39, 0.29) is 0 Å². The van der Waals surface area contributed by atoms with Gasteiger partial charge in [-0.05, 0) is 55.7 Å². The van der Waals surface area contributed by atoms with Gasteiger partial charge in [-0.25, -0.2) is 4.98 Å². The number of anilines is 2. The number of nitrogens with one attached hydrogen (secondary N) is 1. The fraction of sp³-hybridized carbons (Fsp3) is 0.176. The van der Waals surface area contributed by atoms with Crippen LogP contribution in [0.2, 0.25) is 0 Å². The van der Waals surface area contributed by atoms with E-state index in [1.807, 2.05) is 25.1 Å². The van der Waals surface area contributed by atoms with Crippen LogP contribution in [0.4, 0.5) is 11.1 Å². The number of hydrogen-bond acceptors (Lipinski definition) is 5. The molecule has 0 saturated carbocycles. The van der Waals surface area contributed by atoms with Gasteiger partial charge in [0.05, 0.1) is 10.2 Å². The second kappa shape index (κ2) is 4.81. The molecular weight excluding hydrogens is 294 g/mol. The first kappa shape index (κ1) is 13.3. The van der Waals surface area contributed by atoms with Crippen molar-refractivity contribution in [2.24, 2.45) is 0 Å². The lowest BCUT2D eigenvalue weighted by Crippen LogP contribution is -1.88. The average Bonchev–Trinajstić information content (AvgIpc) is 3.01. The Kier molecular flexibility index (Phi) is 2.90. The molecule has 0 saturated heterocycles. The van der Waals surface area contributed by atoms with Crippen LogP contribution in [0.5, 0.6) is 0 Å². The van der Waals surface area contributed by atoms with Crippen molar-refractivity contribution in [1.82, 2.24) is 9.97 Å². The number of oxazole rings is 1. The van der Waals surface area contributed by atoms with Gasteiger partial charge in [-0.3, -0.25) is 5.32 Å². The molecule has 0 radical (unpaired) electrons. The normalized spacial score (nSPS) is 11.4. The third-order valence-corrected chi connectivity index (χ3v) is 4.50. The van der Waals surface area contributed by atoms with Crippen LogP contribution >= 0.6 is 11.3 Å². The highest BCUT2D eigenvalue weighted by molar-refractivity contribution is 7.22. The highest BCUT2D eigenvalue weighted by Crippen LogP contribution is 2.31. The Bertz CT molecular complexity index is 1000. The number of aromatic nitrogens is 2. The van der Waals surface area contributed by atoms with E-state index in [0.29, 0.717) is 6.01 Å². The summed E-state index contributed by atoms with van der Waals surface area (Å²) in [6.07, 6.45) is 0. The molecule has 4 rings (SSSR count). The molecule has 0 aliphatic rings. The van der Waals surface area contributed by atoms with Crippen LogP contribution in [-0.2, 0) is 0 Å². The van der Waals surface area contributed by atoms with Gasteiger partial charge in [0.2, 0.25) is 0 Å². The predicted molar refractivity (Wildman–Crippen MR) is 91.1 cm³/mol. The molecule has 0 amide bonds. The summed E-state index contributed by atoms with van der Waals surface area (Å²) < 4.78 is 6.89. The highest BCUT2D eigenvalue weighted by Gasteiger charge is 2.11. The Labute approximate surface area is 131 Å². The van der Waals surface area contributed by atoms with E-state index in [4.69, 9.17) is 4.42 Å². The molecule has 0 spiro atoms. The molecule has 1 N–H and O–H groups in total. The summed E-state index contributed by atoms with van der Waals surface area (Å²) in [7, 11) is 0. The molecular formula is C17H15N3OS. The van der Waals surface area contributed by atoms with E-state index >= 15 is 0 Å². The summed E-state index contributed by atoms with van der Waals surface area (Å²) in [5, 5.41) is 3.98. The van der Waals surface area contributed by atoms with E-state index < -0.39 is 0 Å². The number of rotatable bonds is 2. The Hall–Kier alpha value is -2.40. The lowest BCUT2D eigenvalue weighted by atomic mass is 10.1. The molecule has 22 heavy (non-hydrogen) atoms. The van der Waals surface area contributed by atoms with Crippen molar-refractivity contribution < 1.29 is 4.42 Å². The van der Waals surface area contributed by atoms with E-state index in [2.05, 4.69) is 41.3 Å². The molecule has 4 aromatic rings. The number of nitrogens with zero attached hydrogens (tertiary/aromatic N) is 2. The number of fused-ring (bicyclic) bond motifs is 2. The van der Waals surface area contributed by atoms with Gasteiger partial charge in [-0.2, -0.15) is 4.98 Å². The summed E-state index contributed by atoms with van der Waals surface area (Å²) in [6, 6.07) is 10.7. The molecule has 5 heteroatoms. The molecule has 0 atom stereocenters. The number of hydrogen-bond donors (Lipinski definition) is 1. The van der Waals surface area contributed by atoms with Gasteiger partial charge in [0.1, 0.15) is 5.52 Å². The van der Waals surface area contributed by atoms with Crippen molar-refractivity contribution in [3.05, 3.63) is 47.0 Å². The van der Waals surface area contributed by atoms with Gasteiger partial charge in [0, 0.05) is 0 Å². The molecule has 4 nitrogen and oxygen atoms in total. The number of benzene rings is 2. The lowest BCUT2D eigenvalue weighted by Gasteiger charge is -1.95. The van der Waals surface area contributed by atoms with Crippen LogP contribution in [0.3, 0.4) is 0 Å². The second-order valence-electron chi connectivity index (χ2n) is 5.56. The zero-order valence-electron chi connectivity index (χ0n) is 12.6. The third-order valence-electron chi connectivity index (χ3n) is 3.59. The van der Waals surface area contributed by atoms with Gasteiger partial charge in [0.15, 0.2) is 10.7 Å². The first-order chi connectivity index (χ1) is 10.6. The van der Waals surface area contributed by atoms with Gasteiger partial charge >= 0.3 is 6.01 Å². The number of aryl methyl sites for hydroxylation is 3. The van der Waals surface area contributed by atoms with E-state index in [1.54, 1.807) is 11.3 Å². The van der Waals surface area contributed by atoms with Crippen LogP contribution in [0.25, 0.3) is 21.3 Å². The standard InChI is InChI=1S/C17H15N3OS/c1-9-4-5-13-12(7-9)18-16(21-13)20-17-19-15-11(3)6-10(2)8-14(15)22-17/h4-8H,1-3H3,(H,18,19,20). The van der Waals surface area contributed by atoms with Crippen molar-refractivity contribution in [1.29, 1.82) is 0 Å². The van der Waals surface area contributed by atoms with Crippen LogP contribution in [0, 0.1) is 20.8 Å². The minimum Gasteiger partial charge on any atom is -0.423 e. The molecule has 2 heterocycles. The first-order valence-corrected chi connectivity index (χ1v) is 7.92. The third kappa shape index (κ3) is 2.23. The quantitative estimate of drug-likeness (QED) is 0.559. The maximum atomic E-state index is 5.72. The summed E-state index contributed by atoms with van der Waals surface area (Å²) in [5.74, 6) is 0. The first-order valence-electron chi connectivity index (χ1n) is 7.10. The van der Waals surface area contributed by atoms with Crippen molar-refractivity contribution in [2.45, 2.75) is 20.8 Å². The van der Waals surface area contributed by atoms with Crippen molar-refractivity contribution in [2.75, 3.05) is 5.32 Å². The maximum absolute atomic E-state index is 5.72. The zero-order valence-corrected chi connectivity index (χ0v) is 13.4. The molecule has 0 fully saturated rings. The van der Waals surface area contributed by atoms with Gasteiger partial charge in [-0.1, -0.05) is 23.5 Å². The average molecular weight is 309 g/mol. The lowest BCUT2D eigenvalue weighted by molar-refractivity contribution is 0.623. The van der Waals surface area contributed by atoms with E-state index in [9.17, 15) is 0 Å². The molecule has 2 aromatic heterocycles. The monoisotopic (exact) mass is 309 g/mol. The Morgan fingerprint density at radius 2 is 1.86 bits per heavy atom. The predicted octanol–water partition coefficient (Wildman–Crippen LogP) is 5.11. The smallest absolute Gasteiger partial charge is 0.302 e.